The van der Waals surface area contributed by atoms with Gasteiger partial charge in [0.25, 0.3) is 0 Å². The Morgan fingerprint density at radius 2 is 2.40 bits per heavy atom. The monoisotopic (exact) mass is 138 g/mol. The fourth-order valence-electron chi connectivity index (χ4n) is 0.721. The Morgan fingerprint density at radius 1 is 1.70 bits per heavy atom. The maximum absolute atomic E-state index is 10.7. The van der Waals surface area contributed by atoms with Gasteiger partial charge in [-0.1, -0.05) is 5.92 Å². The van der Waals surface area contributed by atoms with E-state index in [4.69, 9.17) is 6.42 Å². The molecule has 4 heteroatoms. The Hall–Kier alpha value is -1.50. The lowest BCUT2D eigenvalue weighted by Gasteiger charge is -2.06. The van der Waals surface area contributed by atoms with Crippen molar-refractivity contribution < 1.29 is 9.59 Å². The molecule has 1 N–H and O–H groups in total. The second kappa shape index (κ2) is 2.40. The molecule has 0 aromatic rings. The van der Waals surface area contributed by atoms with Gasteiger partial charge in [-0.3, -0.25) is 10.1 Å². The van der Waals surface area contributed by atoms with Gasteiger partial charge in [0.05, 0.1) is 6.54 Å². The topological polar surface area (TPSA) is 49.4 Å². The first-order valence-electron chi connectivity index (χ1n) is 2.76. The molecule has 1 saturated heterocycles. The SMILES string of the molecule is C#CCN1CC(=O)NC1=O. The van der Waals surface area contributed by atoms with Crippen LogP contribution in [-0.4, -0.2) is 29.9 Å². The summed E-state index contributed by atoms with van der Waals surface area (Å²) in [6, 6.07) is -0.400. The van der Waals surface area contributed by atoms with Crippen LogP contribution in [0, 0.1) is 12.3 Å². The maximum atomic E-state index is 10.7. The van der Waals surface area contributed by atoms with Crippen molar-refractivity contribution in [3.05, 3.63) is 0 Å². The van der Waals surface area contributed by atoms with Crippen LogP contribution >= 0.6 is 0 Å². The van der Waals surface area contributed by atoms with Gasteiger partial charge < -0.3 is 4.90 Å². The van der Waals surface area contributed by atoms with E-state index in [1.54, 1.807) is 0 Å². The number of carbonyl (C=O) groups excluding carboxylic acids is 2. The molecule has 1 fully saturated rings. The van der Waals surface area contributed by atoms with Gasteiger partial charge in [-0.2, -0.15) is 0 Å². The van der Waals surface area contributed by atoms with Crippen molar-refractivity contribution in [2.45, 2.75) is 0 Å². The second-order valence-electron chi connectivity index (χ2n) is 1.91. The Balaban J connectivity index is 2.56. The minimum absolute atomic E-state index is 0.0863. The van der Waals surface area contributed by atoms with Crippen LogP contribution in [0.2, 0.25) is 0 Å². The third-order valence-corrected chi connectivity index (χ3v) is 1.15. The van der Waals surface area contributed by atoms with E-state index >= 15 is 0 Å². The fourth-order valence-corrected chi connectivity index (χ4v) is 0.721. The average Bonchev–Trinajstić information content (AvgIpc) is 2.13. The number of terminal acetylenes is 1. The Kier molecular flexibility index (Phi) is 1.59. The number of carbonyl (C=O) groups is 2. The van der Waals surface area contributed by atoms with Crippen molar-refractivity contribution in [1.82, 2.24) is 10.2 Å². The lowest BCUT2D eigenvalue weighted by Crippen LogP contribution is -2.28. The molecule has 3 amide bonds. The maximum Gasteiger partial charge on any atom is 0.325 e. The summed E-state index contributed by atoms with van der Waals surface area (Å²) in [5.74, 6) is 1.98. The number of amides is 3. The molecule has 52 valence electrons. The molecule has 0 aromatic heterocycles. The van der Waals surface area contributed by atoms with Crippen LogP contribution in [0.5, 0.6) is 0 Å². The van der Waals surface area contributed by atoms with E-state index < -0.39 is 6.03 Å². The highest BCUT2D eigenvalue weighted by Crippen LogP contribution is 1.95. The van der Waals surface area contributed by atoms with E-state index in [2.05, 4.69) is 11.2 Å². The van der Waals surface area contributed by atoms with Crippen LogP contribution in [0.3, 0.4) is 0 Å². The molecule has 0 atom stereocenters. The third kappa shape index (κ3) is 1.08. The lowest BCUT2D eigenvalue weighted by molar-refractivity contribution is -0.118. The first kappa shape index (κ1) is 6.62. The molecular weight excluding hydrogens is 132 g/mol. The molecule has 0 aliphatic carbocycles. The van der Waals surface area contributed by atoms with E-state index in [0.29, 0.717) is 0 Å². The van der Waals surface area contributed by atoms with Crippen molar-refractivity contribution >= 4 is 11.9 Å². The minimum Gasteiger partial charge on any atom is -0.304 e. The highest BCUT2D eigenvalue weighted by molar-refractivity contribution is 6.01. The van der Waals surface area contributed by atoms with Gasteiger partial charge in [0.15, 0.2) is 0 Å². The molecule has 1 aliphatic rings. The van der Waals surface area contributed by atoms with Gasteiger partial charge in [0.2, 0.25) is 5.91 Å². The van der Waals surface area contributed by atoms with Gasteiger partial charge in [0.1, 0.15) is 6.54 Å². The Labute approximate surface area is 58.2 Å². The number of hydrogen-bond acceptors (Lipinski definition) is 2. The van der Waals surface area contributed by atoms with Crippen LogP contribution in [0.15, 0.2) is 0 Å². The normalized spacial score (nSPS) is 16.9. The molecular formula is C6H6N2O2. The predicted molar refractivity (Wildman–Crippen MR) is 33.9 cm³/mol. The largest absolute Gasteiger partial charge is 0.325 e. The molecule has 10 heavy (non-hydrogen) atoms. The van der Waals surface area contributed by atoms with Crippen LogP contribution in [0.1, 0.15) is 0 Å². The minimum atomic E-state index is -0.400. The first-order valence-corrected chi connectivity index (χ1v) is 2.76. The summed E-state index contributed by atoms with van der Waals surface area (Å²) in [6.07, 6.45) is 4.93. The lowest BCUT2D eigenvalue weighted by atomic mass is 10.5. The van der Waals surface area contributed by atoms with Crippen LogP contribution in [0.4, 0.5) is 4.79 Å². The summed E-state index contributed by atoms with van der Waals surface area (Å²) in [5.41, 5.74) is 0. The van der Waals surface area contributed by atoms with E-state index in [1.807, 2.05) is 0 Å². The van der Waals surface area contributed by atoms with Crippen molar-refractivity contribution in [2.75, 3.05) is 13.1 Å². The molecule has 4 nitrogen and oxygen atoms in total. The summed E-state index contributed by atoms with van der Waals surface area (Å²) >= 11 is 0. The van der Waals surface area contributed by atoms with Crippen molar-refractivity contribution in [3.8, 4) is 12.3 Å². The van der Waals surface area contributed by atoms with Crippen LogP contribution in [-0.2, 0) is 4.79 Å². The van der Waals surface area contributed by atoms with Crippen molar-refractivity contribution in [2.24, 2.45) is 0 Å². The number of nitrogens with zero attached hydrogens (tertiary/aromatic N) is 1. The fraction of sp³-hybridized carbons (Fsp3) is 0.333. The summed E-state index contributed by atoms with van der Waals surface area (Å²) in [6.45, 7) is 0.278. The Bertz CT molecular complexity index is 216. The molecule has 0 spiro atoms. The van der Waals surface area contributed by atoms with E-state index in [9.17, 15) is 9.59 Å². The molecule has 0 bridgehead atoms. The molecule has 1 heterocycles. The van der Waals surface area contributed by atoms with E-state index in [0.717, 1.165) is 0 Å². The smallest absolute Gasteiger partial charge is 0.304 e. The van der Waals surface area contributed by atoms with E-state index in [-0.39, 0.29) is 19.0 Å². The summed E-state index contributed by atoms with van der Waals surface area (Å²) in [5, 5.41) is 2.10. The van der Waals surface area contributed by atoms with E-state index in [1.165, 1.54) is 4.90 Å². The molecule has 1 aliphatic heterocycles. The average molecular weight is 138 g/mol. The number of rotatable bonds is 1. The molecule has 0 radical (unpaired) electrons. The van der Waals surface area contributed by atoms with Gasteiger partial charge in [-0.25, -0.2) is 4.79 Å². The predicted octanol–water partition coefficient (Wildman–Crippen LogP) is -0.829. The van der Waals surface area contributed by atoms with Gasteiger partial charge in [-0.05, 0) is 0 Å². The van der Waals surface area contributed by atoms with Crippen molar-refractivity contribution in [1.29, 1.82) is 0 Å². The third-order valence-electron chi connectivity index (χ3n) is 1.15. The van der Waals surface area contributed by atoms with Crippen LogP contribution in [0.25, 0.3) is 0 Å². The second-order valence-corrected chi connectivity index (χ2v) is 1.91. The zero-order chi connectivity index (χ0) is 7.56. The van der Waals surface area contributed by atoms with Gasteiger partial charge in [-0.15, -0.1) is 6.42 Å². The molecule has 0 saturated carbocycles. The Morgan fingerprint density at radius 3 is 2.80 bits per heavy atom. The van der Waals surface area contributed by atoms with Gasteiger partial charge >= 0.3 is 6.03 Å². The zero-order valence-corrected chi connectivity index (χ0v) is 5.26. The number of imide groups is 1. The van der Waals surface area contributed by atoms with Crippen molar-refractivity contribution in [3.63, 3.8) is 0 Å². The highest BCUT2D eigenvalue weighted by Gasteiger charge is 2.25. The quantitative estimate of drug-likeness (QED) is 0.380. The van der Waals surface area contributed by atoms with Crippen LogP contribution < -0.4 is 5.32 Å². The zero-order valence-electron chi connectivity index (χ0n) is 5.26. The standard InChI is InChI=1S/C6H6N2O2/c1-2-3-8-4-5(9)7-6(8)10/h1H,3-4H2,(H,7,9,10). The molecule has 0 unspecified atom stereocenters. The summed E-state index contributed by atoms with van der Waals surface area (Å²) < 4.78 is 0. The number of hydrogen-bond donors (Lipinski definition) is 1. The number of urea groups is 1. The molecule has 1 rings (SSSR count). The van der Waals surface area contributed by atoms with Gasteiger partial charge in [0, 0.05) is 0 Å². The number of nitrogens with one attached hydrogen (secondary N) is 1. The molecule has 0 aromatic carbocycles. The highest BCUT2D eigenvalue weighted by atomic mass is 16.2. The summed E-state index contributed by atoms with van der Waals surface area (Å²) in [7, 11) is 0. The first-order chi connectivity index (χ1) is 4.74. The summed E-state index contributed by atoms with van der Waals surface area (Å²) in [4.78, 5) is 22.4.